The molecule has 0 heterocycles. The van der Waals surface area contributed by atoms with E-state index in [1.54, 1.807) is 0 Å². The first-order valence-corrected chi connectivity index (χ1v) is 7.19. The molecule has 0 aliphatic rings. The Morgan fingerprint density at radius 2 is 1.67 bits per heavy atom. The number of hydrogen-bond acceptors (Lipinski definition) is 2. The maximum absolute atomic E-state index is 12.5. The number of benzene rings is 2. The van der Waals surface area contributed by atoms with Crippen LogP contribution in [0.4, 0.5) is 0 Å². The Kier molecular flexibility index (Phi) is 5.12. The van der Waals surface area contributed by atoms with Gasteiger partial charge in [-0.1, -0.05) is 62.4 Å². The third-order valence-corrected chi connectivity index (χ3v) is 3.57. The van der Waals surface area contributed by atoms with E-state index in [1.165, 1.54) is 0 Å². The van der Waals surface area contributed by atoms with Gasteiger partial charge in [0.2, 0.25) is 0 Å². The number of nitrogens with one attached hydrogen (secondary N) is 1. The van der Waals surface area contributed by atoms with Crippen molar-refractivity contribution in [1.82, 2.24) is 5.32 Å². The Balaban J connectivity index is 2.30. The molecule has 0 saturated heterocycles. The Morgan fingerprint density at radius 1 is 1.05 bits per heavy atom. The first kappa shape index (κ1) is 15.3. The Bertz CT molecular complexity index is 593. The molecule has 0 fully saturated rings. The molecule has 0 saturated carbocycles. The van der Waals surface area contributed by atoms with Crippen LogP contribution < -0.4 is 5.32 Å². The minimum Gasteiger partial charge on any atom is -0.394 e. The van der Waals surface area contributed by atoms with Crippen LogP contribution in [0.15, 0.2) is 54.6 Å². The van der Waals surface area contributed by atoms with E-state index in [-0.39, 0.29) is 24.5 Å². The molecule has 3 nitrogen and oxygen atoms in total. The zero-order valence-electron chi connectivity index (χ0n) is 12.4. The third kappa shape index (κ3) is 3.70. The number of aliphatic hydroxyl groups excluding tert-OH is 1. The maximum atomic E-state index is 12.5. The summed E-state index contributed by atoms with van der Waals surface area (Å²) in [6.45, 7) is 3.89. The summed E-state index contributed by atoms with van der Waals surface area (Å²) in [6, 6.07) is 17.1. The average Bonchev–Trinajstić information content (AvgIpc) is 2.53. The van der Waals surface area contributed by atoms with Crippen molar-refractivity contribution in [2.45, 2.75) is 19.9 Å². The molecule has 110 valence electrons. The van der Waals surface area contributed by atoms with Crippen LogP contribution in [0.5, 0.6) is 0 Å². The summed E-state index contributed by atoms with van der Waals surface area (Å²) in [7, 11) is 0. The van der Waals surface area contributed by atoms with Crippen LogP contribution in [-0.4, -0.2) is 23.7 Å². The van der Waals surface area contributed by atoms with Gasteiger partial charge < -0.3 is 10.4 Å². The summed E-state index contributed by atoms with van der Waals surface area (Å²) in [5.74, 6) is 0.0324. The predicted octanol–water partition coefficient (Wildman–Crippen LogP) is 3.10. The van der Waals surface area contributed by atoms with Gasteiger partial charge in [0, 0.05) is 5.56 Å². The van der Waals surface area contributed by atoms with Crippen molar-refractivity contribution in [3.05, 3.63) is 60.2 Å². The minimum absolute atomic E-state index is 0.0586. The molecule has 0 aliphatic carbocycles. The lowest BCUT2D eigenvalue weighted by Gasteiger charge is -2.20. The fourth-order valence-corrected chi connectivity index (χ4v) is 2.22. The van der Waals surface area contributed by atoms with Gasteiger partial charge in [-0.2, -0.15) is 0 Å². The number of hydrogen-bond donors (Lipinski definition) is 2. The van der Waals surface area contributed by atoms with Gasteiger partial charge in [-0.15, -0.1) is 0 Å². The SMILES string of the molecule is CC(C)[C@@H](CO)NC(=O)c1ccccc1-c1ccccc1. The molecule has 0 aromatic heterocycles. The van der Waals surface area contributed by atoms with Crippen LogP contribution in [-0.2, 0) is 0 Å². The third-order valence-electron chi connectivity index (χ3n) is 3.57. The average molecular weight is 283 g/mol. The van der Waals surface area contributed by atoms with Crippen molar-refractivity contribution in [2.24, 2.45) is 5.92 Å². The van der Waals surface area contributed by atoms with Crippen molar-refractivity contribution >= 4 is 5.91 Å². The molecule has 0 spiro atoms. The summed E-state index contributed by atoms with van der Waals surface area (Å²) in [5.41, 5.74) is 2.53. The molecular formula is C18H21NO2. The monoisotopic (exact) mass is 283 g/mol. The van der Waals surface area contributed by atoms with E-state index < -0.39 is 0 Å². The lowest BCUT2D eigenvalue weighted by molar-refractivity contribution is 0.0897. The normalized spacial score (nSPS) is 12.2. The second-order valence-corrected chi connectivity index (χ2v) is 5.42. The van der Waals surface area contributed by atoms with Crippen molar-refractivity contribution in [3.8, 4) is 11.1 Å². The second-order valence-electron chi connectivity index (χ2n) is 5.42. The van der Waals surface area contributed by atoms with Crippen molar-refractivity contribution in [2.75, 3.05) is 6.61 Å². The van der Waals surface area contributed by atoms with Gasteiger partial charge in [0.05, 0.1) is 12.6 Å². The van der Waals surface area contributed by atoms with E-state index in [4.69, 9.17) is 0 Å². The van der Waals surface area contributed by atoms with Gasteiger partial charge in [0.15, 0.2) is 0 Å². The molecule has 0 bridgehead atoms. The number of rotatable bonds is 5. The van der Waals surface area contributed by atoms with E-state index in [2.05, 4.69) is 5.32 Å². The molecule has 2 aromatic carbocycles. The lowest BCUT2D eigenvalue weighted by atomic mass is 9.98. The molecule has 0 aliphatic heterocycles. The highest BCUT2D eigenvalue weighted by molar-refractivity contribution is 6.01. The van der Waals surface area contributed by atoms with Crippen molar-refractivity contribution in [1.29, 1.82) is 0 Å². The van der Waals surface area contributed by atoms with E-state index >= 15 is 0 Å². The summed E-state index contributed by atoms with van der Waals surface area (Å²) < 4.78 is 0. The number of carbonyl (C=O) groups is 1. The Hall–Kier alpha value is -2.13. The number of carbonyl (C=O) groups excluding carboxylic acids is 1. The highest BCUT2D eigenvalue weighted by Gasteiger charge is 2.18. The fourth-order valence-electron chi connectivity index (χ4n) is 2.22. The molecule has 1 atom stereocenters. The molecule has 2 N–H and O–H groups in total. The first-order chi connectivity index (χ1) is 10.1. The van der Waals surface area contributed by atoms with Gasteiger partial charge in [-0.25, -0.2) is 0 Å². The molecule has 3 heteroatoms. The largest absolute Gasteiger partial charge is 0.394 e. The zero-order valence-corrected chi connectivity index (χ0v) is 12.4. The van der Waals surface area contributed by atoms with E-state index in [9.17, 15) is 9.90 Å². The molecule has 1 amide bonds. The van der Waals surface area contributed by atoms with E-state index in [1.807, 2.05) is 68.4 Å². The Labute approximate surface area is 125 Å². The molecule has 0 unspecified atom stereocenters. The smallest absolute Gasteiger partial charge is 0.252 e. The van der Waals surface area contributed by atoms with Gasteiger partial charge >= 0.3 is 0 Å². The van der Waals surface area contributed by atoms with Crippen LogP contribution in [0.1, 0.15) is 24.2 Å². The van der Waals surface area contributed by atoms with E-state index in [0.29, 0.717) is 5.56 Å². The minimum atomic E-state index is -0.235. The molecular weight excluding hydrogens is 262 g/mol. The van der Waals surface area contributed by atoms with Gasteiger partial charge in [0.25, 0.3) is 5.91 Å². The molecule has 2 aromatic rings. The van der Waals surface area contributed by atoms with E-state index in [0.717, 1.165) is 11.1 Å². The maximum Gasteiger partial charge on any atom is 0.252 e. The predicted molar refractivity (Wildman–Crippen MR) is 85.1 cm³/mol. The molecule has 21 heavy (non-hydrogen) atoms. The van der Waals surface area contributed by atoms with Gasteiger partial charge in [-0.05, 0) is 23.1 Å². The first-order valence-electron chi connectivity index (χ1n) is 7.19. The second kappa shape index (κ2) is 7.04. The molecule has 2 rings (SSSR count). The van der Waals surface area contributed by atoms with Crippen molar-refractivity contribution in [3.63, 3.8) is 0 Å². The van der Waals surface area contributed by atoms with Gasteiger partial charge in [-0.3, -0.25) is 4.79 Å². The summed E-state index contributed by atoms with van der Waals surface area (Å²) >= 11 is 0. The highest BCUT2D eigenvalue weighted by Crippen LogP contribution is 2.23. The summed E-state index contributed by atoms with van der Waals surface area (Å²) in [6.07, 6.45) is 0. The Morgan fingerprint density at radius 3 is 2.29 bits per heavy atom. The van der Waals surface area contributed by atoms with Crippen molar-refractivity contribution < 1.29 is 9.90 Å². The highest BCUT2D eigenvalue weighted by atomic mass is 16.3. The standard InChI is InChI=1S/C18H21NO2/c1-13(2)17(12-20)19-18(21)16-11-7-6-10-15(16)14-8-4-3-5-9-14/h3-11,13,17,20H,12H2,1-2H3,(H,19,21)/t17-/m1/s1. The van der Waals surface area contributed by atoms with Gasteiger partial charge in [0.1, 0.15) is 0 Å². The van der Waals surface area contributed by atoms with Crippen LogP contribution in [0.25, 0.3) is 11.1 Å². The topological polar surface area (TPSA) is 49.3 Å². The number of amides is 1. The summed E-state index contributed by atoms with van der Waals surface area (Å²) in [4.78, 5) is 12.5. The van der Waals surface area contributed by atoms with Crippen LogP contribution in [0.2, 0.25) is 0 Å². The lowest BCUT2D eigenvalue weighted by Crippen LogP contribution is -2.41. The summed E-state index contributed by atoms with van der Waals surface area (Å²) in [5, 5.41) is 12.3. The van der Waals surface area contributed by atoms with Crippen LogP contribution in [0.3, 0.4) is 0 Å². The molecule has 0 radical (unpaired) electrons. The zero-order chi connectivity index (χ0) is 15.2. The van der Waals surface area contributed by atoms with Crippen LogP contribution in [0, 0.1) is 5.92 Å². The quantitative estimate of drug-likeness (QED) is 0.886. The number of aliphatic hydroxyl groups is 1. The fraction of sp³-hybridized carbons (Fsp3) is 0.278. The van der Waals surface area contributed by atoms with Crippen LogP contribution >= 0.6 is 0 Å².